The van der Waals surface area contributed by atoms with E-state index < -0.39 is 6.10 Å². The summed E-state index contributed by atoms with van der Waals surface area (Å²) in [7, 11) is 1.61. The average molecular weight is 444 g/mol. The molecule has 1 saturated heterocycles. The lowest BCUT2D eigenvalue weighted by molar-refractivity contribution is -0.142. The second kappa shape index (κ2) is 9.36. The van der Waals surface area contributed by atoms with Gasteiger partial charge in [-0.2, -0.15) is 4.98 Å². The van der Waals surface area contributed by atoms with Gasteiger partial charge in [-0.1, -0.05) is 16.8 Å². The molecule has 0 spiro atoms. The minimum absolute atomic E-state index is 0.0747. The number of aromatic nitrogens is 2. The number of aryl methyl sites for hydroxylation is 1. The molecule has 1 aliphatic heterocycles. The minimum Gasteiger partial charge on any atom is -0.497 e. The summed E-state index contributed by atoms with van der Waals surface area (Å²) in [6, 6.07) is 12.6. The Labute approximate surface area is 184 Å². The molecule has 0 bridgehead atoms. The lowest BCUT2D eigenvalue weighted by Crippen LogP contribution is -2.44. The molecule has 4 rings (SSSR count). The van der Waals surface area contributed by atoms with Crippen LogP contribution < -0.4 is 9.47 Å². The number of carbonyl (C=O) groups excluding carboxylic acids is 1. The standard InChI is InChI=1S/C22H22ClN3O5/c1-14-11-17(7-8-18(14)23)30-13-20(27)26-9-10-29-19(12-26)22-24-21(25-31-22)15-3-5-16(28-2)6-4-15/h3-8,11,19H,9-10,12-13H2,1-2H3. The number of hydrogen-bond acceptors (Lipinski definition) is 7. The van der Waals surface area contributed by atoms with Crippen LogP contribution in [0.4, 0.5) is 0 Å². The van der Waals surface area contributed by atoms with Crippen molar-refractivity contribution in [2.24, 2.45) is 0 Å². The van der Waals surface area contributed by atoms with Gasteiger partial charge in [0.1, 0.15) is 11.5 Å². The van der Waals surface area contributed by atoms with Gasteiger partial charge < -0.3 is 23.6 Å². The van der Waals surface area contributed by atoms with Crippen molar-refractivity contribution in [2.75, 3.05) is 33.4 Å². The van der Waals surface area contributed by atoms with Gasteiger partial charge in [-0.05, 0) is 55.0 Å². The quantitative estimate of drug-likeness (QED) is 0.574. The summed E-state index contributed by atoms with van der Waals surface area (Å²) in [4.78, 5) is 18.7. The van der Waals surface area contributed by atoms with Crippen LogP contribution in [0.1, 0.15) is 17.6 Å². The fourth-order valence-corrected chi connectivity index (χ4v) is 3.31. The van der Waals surface area contributed by atoms with Gasteiger partial charge in [0.25, 0.3) is 11.8 Å². The second-order valence-corrected chi connectivity index (χ2v) is 7.49. The molecule has 1 aromatic heterocycles. The highest BCUT2D eigenvalue weighted by molar-refractivity contribution is 6.31. The molecule has 1 amide bonds. The van der Waals surface area contributed by atoms with Gasteiger partial charge >= 0.3 is 0 Å². The molecule has 1 unspecified atom stereocenters. The molecule has 0 radical (unpaired) electrons. The van der Waals surface area contributed by atoms with E-state index in [0.717, 1.165) is 16.9 Å². The van der Waals surface area contributed by atoms with E-state index in [4.69, 9.17) is 30.3 Å². The van der Waals surface area contributed by atoms with Gasteiger partial charge in [-0.25, -0.2) is 0 Å². The average Bonchev–Trinajstić information content (AvgIpc) is 3.30. The van der Waals surface area contributed by atoms with Crippen molar-refractivity contribution in [2.45, 2.75) is 13.0 Å². The number of benzene rings is 2. The van der Waals surface area contributed by atoms with E-state index in [1.807, 2.05) is 31.2 Å². The van der Waals surface area contributed by atoms with Crippen molar-refractivity contribution < 1.29 is 23.5 Å². The largest absolute Gasteiger partial charge is 0.497 e. The monoisotopic (exact) mass is 443 g/mol. The zero-order valence-electron chi connectivity index (χ0n) is 17.2. The zero-order valence-corrected chi connectivity index (χ0v) is 18.0. The summed E-state index contributed by atoms with van der Waals surface area (Å²) in [5.74, 6) is 1.98. The highest BCUT2D eigenvalue weighted by Gasteiger charge is 2.29. The van der Waals surface area contributed by atoms with Gasteiger partial charge in [-0.15, -0.1) is 0 Å². The van der Waals surface area contributed by atoms with Crippen molar-refractivity contribution in [3.63, 3.8) is 0 Å². The normalized spacial score (nSPS) is 16.2. The summed E-state index contributed by atoms with van der Waals surface area (Å²) < 4.78 is 21.9. The van der Waals surface area contributed by atoms with Gasteiger partial charge in [0.15, 0.2) is 12.7 Å². The molecule has 0 aliphatic carbocycles. The Morgan fingerprint density at radius 3 is 2.74 bits per heavy atom. The molecule has 3 aromatic rings. The minimum atomic E-state index is -0.491. The van der Waals surface area contributed by atoms with Crippen LogP contribution in [-0.2, 0) is 9.53 Å². The molecule has 8 nitrogen and oxygen atoms in total. The molecule has 1 fully saturated rings. The van der Waals surface area contributed by atoms with Crippen LogP contribution in [0.3, 0.4) is 0 Å². The van der Waals surface area contributed by atoms with Crippen LogP contribution in [0.15, 0.2) is 47.0 Å². The molecule has 2 aromatic carbocycles. The first-order valence-corrected chi connectivity index (χ1v) is 10.2. The molecule has 31 heavy (non-hydrogen) atoms. The van der Waals surface area contributed by atoms with Crippen LogP contribution in [0.5, 0.6) is 11.5 Å². The summed E-state index contributed by atoms with van der Waals surface area (Å²) in [5.41, 5.74) is 1.69. The van der Waals surface area contributed by atoms with E-state index >= 15 is 0 Å². The number of nitrogens with zero attached hydrogens (tertiary/aromatic N) is 3. The Bertz CT molecular complexity index is 1050. The van der Waals surface area contributed by atoms with Crippen molar-refractivity contribution in [3.05, 3.63) is 58.9 Å². The topological polar surface area (TPSA) is 86.9 Å². The fourth-order valence-electron chi connectivity index (χ4n) is 3.19. The lowest BCUT2D eigenvalue weighted by atomic mass is 10.2. The number of amides is 1. The predicted octanol–water partition coefficient (Wildman–Crippen LogP) is 3.69. The van der Waals surface area contributed by atoms with E-state index in [-0.39, 0.29) is 12.5 Å². The number of halogens is 1. The van der Waals surface area contributed by atoms with Crippen LogP contribution in [0, 0.1) is 6.92 Å². The molecule has 1 aliphatic rings. The number of hydrogen-bond donors (Lipinski definition) is 0. The Morgan fingerprint density at radius 2 is 2.00 bits per heavy atom. The first kappa shape index (κ1) is 21.1. The number of methoxy groups -OCH3 is 1. The smallest absolute Gasteiger partial charge is 0.260 e. The van der Waals surface area contributed by atoms with Crippen LogP contribution in [0.2, 0.25) is 5.02 Å². The summed E-state index contributed by atoms with van der Waals surface area (Å²) in [5, 5.41) is 4.69. The molecule has 0 saturated carbocycles. The number of ether oxygens (including phenoxy) is 3. The fraction of sp³-hybridized carbons (Fsp3) is 0.318. The van der Waals surface area contributed by atoms with Gasteiger partial charge in [-0.3, -0.25) is 4.79 Å². The zero-order chi connectivity index (χ0) is 21.8. The third-order valence-corrected chi connectivity index (χ3v) is 5.40. The van der Waals surface area contributed by atoms with Crippen molar-refractivity contribution in [1.29, 1.82) is 0 Å². The summed E-state index contributed by atoms with van der Waals surface area (Å²) in [6.45, 7) is 2.96. The molecule has 1 atom stereocenters. The SMILES string of the molecule is COc1ccc(-c2noc(C3CN(C(=O)COc4ccc(Cl)c(C)c4)CCO3)n2)cc1. The molecule has 162 valence electrons. The Balaban J connectivity index is 1.37. The number of rotatable bonds is 6. The third-order valence-electron chi connectivity index (χ3n) is 4.98. The van der Waals surface area contributed by atoms with Gasteiger partial charge in [0, 0.05) is 17.1 Å². The Hall–Kier alpha value is -3.10. The first-order valence-electron chi connectivity index (χ1n) is 9.80. The van der Waals surface area contributed by atoms with E-state index in [1.54, 1.807) is 30.2 Å². The lowest BCUT2D eigenvalue weighted by Gasteiger charge is -2.31. The maximum absolute atomic E-state index is 12.6. The molecule has 0 N–H and O–H groups in total. The number of carbonyl (C=O) groups is 1. The van der Waals surface area contributed by atoms with E-state index in [0.29, 0.717) is 42.2 Å². The predicted molar refractivity (Wildman–Crippen MR) is 113 cm³/mol. The van der Waals surface area contributed by atoms with E-state index in [2.05, 4.69) is 10.1 Å². The van der Waals surface area contributed by atoms with Crippen molar-refractivity contribution >= 4 is 17.5 Å². The van der Waals surface area contributed by atoms with E-state index in [9.17, 15) is 4.79 Å². The summed E-state index contributed by atoms with van der Waals surface area (Å²) in [6.07, 6.45) is -0.491. The molecule has 2 heterocycles. The second-order valence-electron chi connectivity index (χ2n) is 7.08. The van der Waals surface area contributed by atoms with Crippen LogP contribution in [0.25, 0.3) is 11.4 Å². The highest BCUT2D eigenvalue weighted by atomic mass is 35.5. The Kier molecular flexibility index (Phi) is 6.39. The molecule has 9 heteroatoms. The summed E-state index contributed by atoms with van der Waals surface area (Å²) >= 11 is 6.02. The molecular weight excluding hydrogens is 422 g/mol. The maximum Gasteiger partial charge on any atom is 0.260 e. The van der Waals surface area contributed by atoms with Gasteiger partial charge in [0.05, 0.1) is 20.3 Å². The van der Waals surface area contributed by atoms with Crippen LogP contribution >= 0.6 is 11.6 Å². The number of morpholine rings is 1. The van der Waals surface area contributed by atoms with Crippen molar-refractivity contribution in [3.8, 4) is 22.9 Å². The third kappa shape index (κ3) is 4.98. The van der Waals surface area contributed by atoms with Gasteiger partial charge in [0.2, 0.25) is 5.82 Å². The maximum atomic E-state index is 12.6. The van der Waals surface area contributed by atoms with Crippen molar-refractivity contribution in [1.82, 2.24) is 15.0 Å². The Morgan fingerprint density at radius 1 is 1.23 bits per heavy atom. The van der Waals surface area contributed by atoms with Crippen LogP contribution in [-0.4, -0.2) is 54.4 Å². The van der Waals surface area contributed by atoms with E-state index in [1.165, 1.54) is 0 Å². The first-order chi connectivity index (χ1) is 15.0. The molecular formula is C22H22ClN3O5. The highest BCUT2D eigenvalue weighted by Crippen LogP contribution is 2.25.